The highest BCUT2D eigenvalue weighted by molar-refractivity contribution is 7.80. The monoisotopic (exact) mass is 250 g/mol. The molecule has 3 nitrogen and oxygen atoms in total. The Morgan fingerprint density at radius 3 is 2.82 bits per heavy atom. The quantitative estimate of drug-likeness (QED) is 0.812. The molecule has 0 atom stereocenters. The van der Waals surface area contributed by atoms with Crippen LogP contribution in [0.5, 0.6) is 0 Å². The van der Waals surface area contributed by atoms with Crippen LogP contribution in [0.4, 0.5) is 0 Å². The number of amides is 1. The van der Waals surface area contributed by atoms with Crippen LogP contribution < -0.4 is 0 Å². The molecule has 0 spiro atoms. The average Bonchev–Trinajstić information content (AvgIpc) is 3.11. The van der Waals surface area contributed by atoms with Crippen molar-refractivity contribution in [3.05, 3.63) is 30.1 Å². The molecule has 4 heteroatoms. The van der Waals surface area contributed by atoms with Gasteiger partial charge in [0, 0.05) is 19.7 Å². The Morgan fingerprint density at radius 2 is 2.29 bits per heavy atom. The minimum Gasteiger partial charge on any atom is -0.340 e. The Labute approximate surface area is 108 Å². The number of nitrogens with zero attached hydrogens (tertiary/aromatic N) is 2. The van der Waals surface area contributed by atoms with Gasteiger partial charge in [-0.15, -0.1) is 0 Å². The highest BCUT2D eigenvalue weighted by atomic mass is 32.1. The summed E-state index contributed by atoms with van der Waals surface area (Å²) in [6.45, 7) is 0.586. The molecule has 0 aliphatic heterocycles. The fraction of sp³-hybridized carbons (Fsp3) is 0.538. The summed E-state index contributed by atoms with van der Waals surface area (Å²) in [5, 5.41) is 0. The molecule has 0 N–H and O–H groups in total. The second-order valence-electron chi connectivity index (χ2n) is 4.91. The van der Waals surface area contributed by atoms with Crippen LogP contribution in [-0.4, -0.2) is 28.6 Å². The maximum atomic E-state index is 12.0. The van der Waals surface area contributed by atoms with Gasteiger partial charge in [0.05, 0.1) is 12.2 Å². The third-order valence-corrected chi connectivity index (χ3v) is 4.04. The van der Waals surface area contributed by atoms with Gasteiger partial charge in [-0.1, -0.05) is 6.07 Å². The van der Waals surface area contributed by atoms with Crippen molar-refractivity contribution in [3.8, 4) is 0 Å². The summed E-state index contributed by atoms with van der Waals surface area (Å²) in [6.07, 6.45) is 4.66. The van der Waals surface area contributed by atoms with E-state index in [1.165, 1.54) is 0 Å². The SMILES string of the molecule is CN(Cc1ccccn1)C(=O)CC1(CS)CC1. The van der Waals surface area contributed by atoms with Crippen molar-refractivity contribution in [2.75, 3.05) is 12.8 Å². The standard InChI is InChI=1S/C13H18N2OS/c1-15(9-11-4-2-3-7-14-11)12(16)8-13(10-17)5-6-13/h2-4,7,17H,5-6,8-10H2,1H3. The van der Waals surface area contributed by atoms with Gasteiger partial charge in [0.15, 0.2) is 0 Å². The van der Waals surface area contributed by atoms with Crippen LogP contribution in [0.2, 0.25) is 0 Å². The van der Waals surface area contributed by atoms with Crippen molar-refractivity contribution in [1.82, 2.24) is 9.88 Å². The number of aromatic nitrogens is 1. The molecular formula is C13H18N2OS. The number of pyridine rings is 1. The Balaban J connectivity index is 1.87. The van der Waals surface area contributed by atoms with E-state index in [9.17, 15) is 4.79 Å². The van der Waals surface area contributed by atoms with Crippen LogP contribution in [-0.2, 0) is 11.3 Å². The third-order valence-electron chi connectivity index (χ3n) is 3.37. The zero-order chi connectivity index (χ0) is 12.3. The number of thiol groups is 1. The second kappa shape index (κ2) is 5.08. The molecule has 0 bridgehead atoms. The number of rotatable bonds is 5. The van der Waals surface area contributed by atoms with Gasteiger partial charge >= 0.3 is 0 Å². The lowest BCUT2D eigenvalue weighted by molar-refractivity contribution is -0.131. The molecule has 1 heterocycles. The first-order valence-electron chi connectivity index (χ1n) is 5.90. The Kier molecular flexibility index (Phi) is 3.72. The Morgan fingerprint density at radius 1 is 1.53 bits per heavy atom. The van der Waals surface area contributed by atoms with Gasteiger partial charge in [-0.05, 0) is 36.1 Å². The van der Waals surface area contributed by atoms with E-state index >= 15 is 0 Å². The zero-order valence-corrected chi connectivity index (χ0v) is 11.0. The number of hydrogen-bond donors (Lipinski definition) is 1. The maximum absolute atomic E-state index is 12.0. The van der Waals surface area contributed by atoms with Crippen molar-refractivity contribution in [3.63, 3.8) is 0 Å². The molecule has 1 amide bonds. The molecule has 1 fully saturated rings. The molecule has 92 valence electrons. The summed E-state index contributed by atoms with van der Waals surface area (Å²) in [5.41, 5.74) is 1.12. The van der Waals surface area contributed by atoms with Crippen molar-refractivity contribution in [2.45, 2.75) is 25.8 Å². The van der Waals surface area contributed by atoms with E-state index in [2.05, 4.69) is 17.6 Å². The molecule has 0 radical (unpaired) electrons. The molecule has 1 aliphatic carbocycles. The summed E-state index contributed by atoms with van der Waals surface area (Å²) in [7, 11) is 1.84. The van der Waals surface area contributed by atoms with Crippen LogP contribution in [0.3, 0.4) is 0 Å². The van der Waals surface area contributed by atoms with Crippen LogP contribution in [0.15, 0.2) is 24.4 Å². The largest absolute Gasteiger partial charge is 0.340 e. The second-order valence-corrected chi connectivity index (χ2v) is 5.22. The van der Waals surface area contributed by atoms with Crippen molar-refractivity contribution in [1.29, 1.82) is 0 Å². The van der Waals surface area contributed by atoms with Gasteiger partial charge in [0.1, 0.15) is 0 Å². The van der Waals surface area contributed by atoms with Crippen molar-refractivity contribution in [2.24, 2.45) is 5.41 Å². The Hall–Kier alpha value is -1.03. The molecule has 2 rings (SSSR count). The number of carbonyl (C=O) groups excluding carboxylic acids is 1. The molecule has 17 heavy (non-hydrogen) atoms. The molecule has 0 saturated heterocycles. The van der Waals surface area contributed by atoms with Gasteiger partial charge in [0.2, 0.25) is 5.91 Å². The molecule has 1 saturated carbocycles. The normalized spacial score (nSPS) is 16.6. The maximum Gasteiger partial charge on any atom is 0.223 e. The summed E-state index contributed by atoms with van der Waals surface area (Å²) in [4.78, 5) is 18.0. The van der Waals surface area contributed by atoms with Gasteiger partial charge in [0.25, 0.3) is 0 Å². The zero-order valence-electron chi connectivity index (χ0n) is 10.1. The van der Waals surface area contributed by atoms with Crippen LogP contribution in [0, 0.1) is 5.41 Å². The summed E-state index contributed by atoms with van der Waals surface area (Å²) < 4.78 is 0. The average molecular weight is 250 g/mol. The fourth-order valence-corrected chi connectivity index (χ4v) is 2.27. The Bertz CT molecular complexity index is 390. The summed E-state index contributed by atoms with van der Waals surface area (Å²) >= 11 is 4.32. The highest BCUT2D eigenvalue weighted by Crippen LogP contribution is 2.49. The van der Waals surface area contributed by atoms with Gasteiger partial charge in [-0.25, -0.2) is 0 Å². The van der Waals surface area contributed by atoms with Crippen molar-refractivity contribution < 1.29 is 4.79 Å². The van der Waals surface area contributed by atoms with Gasteiger partial charge in [-0.3, -0.25) is 9.78 Å². The van der Waals surface area contributed by atoms with E-state index in [1.54, 1.807) is 11.1 Å². The lowest BCUT2D eigenvalue weighted by Gasteiger charge is -2.19. The van der Waals surface area contributed by atoms with E-state index in [-0.39, 0.29) is 11.3 Å². The van der Waals surface area contributed by atoms with Crippen LogP contribution in [0.25, 0.3) is 0 Å². The molecule has 0 unspecified atom stereocenters. The van der Waals surface area contributed by atoms with Crippen LogP contribution >= 0.6 is 12.6 Å². The topological polar surface area (TPSA) is 33.2 Å². The minimum atomic E-state index is 0.193. The van der Waals surface area contributed by atoms with E-state index in [0.717, 1.165) is 24.3 Å². The van der Waals surface area contributed by atoms with Crippen molar-refractivity contribution >= 4 is 18.5 Å². The van der Waals surface area contributed by atoms with Crippen LogP contribution in [0.1, 0.15) is 25.0 Å². The summed E-state index contributed by atoms with van der Waals surface area (Å²) in [6, 6.07) is 5.76. The molecule has 1 aromatic rings. The first-order chi connectivity index (χ1) is 8.15. The first kappa shape index (κ1) is 12.4. The third kappa shape index (κ3) is 3.22. The summed E-state index contributed by atoms with van der Waals surface area (Å²) in [5.74, 6) is 1.01. The lowest BCUT2D eigenvalue weighted by atomic mass is 10.0. The number of hydrogen-bond acceptors (Lipinski definition) is 3. The van der Waals surface area contributed by atoms with Gasteiger partial charge < -0.3 is 4.90 Å². The minimum absolute atomic E-state index is 0.193. The highest BCUT2D eigenvalue weighted by Gasteiger charge is 2.43. The smallest absolute Gasteiger partial charge is 0.223 e. The molecular weight excluding hydrogens is 232 g/mol. The molecule has 0 aromatic carbocycles. The van der Waals surface area contributed by atoms with E-state index in [4.69, 9.17) is 0 Å². The first-order valence-corrected chi connectivity index (χ1v) is 6.53. The van der Waals surface area contributed by atoms with Gasteiger partial charge in [-0.2, -0.15) is 12.6 Å². The fourth-order valence-electron chi connectivity index (χ4n) is 1.85. The van der Waals surface area contributed by atoms with E-state index in [1.807, 2.05) is 25.2 Å². The lowest BCUT2D eigenvalue weighted by Crippen LogP contribution is -2.29. The molecule has 1 aromatic heterocycles. The molecule has 1 aliphatic rings. The predicted molar refractivity (Wildman–Crippen MR) is 70.8 cm³/mol. The predicted octanol–water partition coefficient (Wildman–Crippen LogP) is 2.14. The van der Waals surface area contributed by atoms with E-state index in [0.29, 0.717) is 13.0 Å². The number of carbonyl (C=O) groups is 1. The van der Waals surface area contributed by atoms with E-state index < -0.39 is 0 Å².